The van der Waals surface area contributed by atoms with Gasteiger partial charge >= 0.3 is 0 Å². The number of benzene rings is 2. The Balaban J connectivity index is 2.06. The molecule has 0 aliphatic rings. The summed E-state index contributed by atoms with van der Waals surface area (Å²) < 4.78 is 5.63. The molecule has 1 aromatic heterocycles. The van der Waals surface area contributed by atoms with Gasteiger partial charge in [-0.2, -0.15) is 0 Å². The topological polar surface area (TPSA) is 69.2 Å². The van der Waals surface area contributed by atoms with Crippen LogP contribution in [0.4, 0.5) is 5.69 Å². The molecule has 3 aromatic rings. The fourth-order valence-electron chi connectivity index (χ4n) is 1.89. The zero-order valence-corrected chi connectivity index (χ0v) is 10.2. The first-order valence-electron chi connectivity index (χ1n) is 5.75. The number of hydrogen-bond donors (Lipinski definition) is 0. The second kappa shape index (κ2) is 4.20. The first-order chi connectivity index (χ1) is 9.13. The fraction of sp³-hybridized carbons (Fsp3) is 0.0714. The Morgan fingerprint density at radius 1 is 1.16 bits per heavy atom. The molecule has 0 radical (unpaired) electrons. The van der Waals surface area contributed by atoms with Gasteiger partial charge in [-0.15, -0.1) is 0 Å². The average Bonchev–Trinajstić information content (AvgIpc) is 2.81. The van der Waals surface area contributed by atoms with E-state index >= 15 is 0 Å². The highest BCUT2D eigenvalue weighted by atomic mass is 16.6. The van der Waals surface area contributed by atoms with Gasteiger partial charge in [-0.3, -0.25) is 10.1 Å². The number of non-ortho nitro benzene ring substituents is 1. The monoisotopic (exact) mass is 254 g/mol. The molecule has 2 aromatic carbocycles. The van der Waals surface area contributed by atoms with Crippen LogP contribution in [0.2, 0.25) is 0 Å². The van der Waals surface area contributed by atoms with Crippen LogP contribution in [0.25, 0.3) is 22.6 Å². The molecule has 0 bridgehead atoms. The number of nitro groups is 1. The third-order valence-corrected chi connectivity index (χ3v) is 2.87. The number of aromatic nitrogens is 1. The predicted molar refractivity (Wildman–Crippen MR) is 70.8 cm³/mol. The van der Waals surface area contributed by atoms with Crippen LogP contribution in [-0.4, -0.2) is 9.91 Å². The smallest absolute Gasteiger partial charge is 0.269 e. The normalized spacial score (nSPS) is 10.8. The van der Waals surface area contributed by atoms with Crippen molar-refractivity contribution in [1.29, 1.82) is 0 Å². The molecular weight excluding hydrogens is 244 g/mol. The lowest BCUT2D eigenvalue weighted by molar-refractivity contribution is -0.384. The second-order valence-electron chi connectivity index (χ2n) is 4.29. The predicted octanol–water partition coefficient (Wildman–Crippen LogP) is 3.71. The van der Waals surface area contributed by atoms with E-state index in [1.54, 1.807) is 12.1 Å². The summed E-state index contributed by atoms with van der Waals surface area (Å²) in [6, 6.07) is 11.9. The van der Waals surface area contributed by atoms with Crippen molar-refractivity contribution in [1.82, 2.24) is 4.98 Å². The number of aryl methyl sites for hydroxylation is 1. The molecule has 0 aliphatic carbocycles. The summed E-state index contributed by atoms with van der Waals surface area (Å²) in [4.78, 5) is 14.5. The van der Waals surface area contributed by atoms with Crippen molar-refractivity contribution in [3.05, 3.63) is 58.1 Å². The van der Waals surface area contributed by atoms with Crippen molar-refractivity contribution in [2.24, 2.45) is 0 Å². The van der Waals surface area contributed by atoms with Gasteiger partial charge in [0.2, 0.25) is 5.89 Å². The van der Waals surface area contributed by atoms with Gasteiger partial charge in [-0.25, -0.2) is 4.98 Å². The maximum absolute atomic E-state index is 10.6. The highest BCUT2D eigenvalue weighted by Crippen LogP contribution is 2.26. The minimum atomic E-state index is -0.431. The van der Waals surface area contributed by atoms with Crippen LogP contribution in [0.5, 0.6) is 0 Å². The maximum atomic E-state index is 10.6. The molecule has 94 valence electrons. The van der Waals surface area contributed by atoms with E-state index in [1.165, 1.54) is 12.1 Å². The van der Waals surface area contributed by atoms with Crippen molar-refractivity contribution >= 4 is 16.8 Å². The molecule has 1 heterocycles. The van der Waals surface area contributed by atoms with Crippen molar-refractivity contribution < 1.29 is 9.34 Å². The molecule has 0 fully saturated rings. The van der Waals surface area contributed by atoms with Crippen LogP contribution in [0.1, 0.15) is 5.56 Å². The second-order valence-corrected chi connectivity index (χ2v) is 4.29. The third kappa shape index (κ3) is 2.06. The van der Waals surface area contributed by atoms with E-state index in [0.29, 0.717) is 11.5 Å². The molecule has 0 unspecified atom stereocenters. The Labute approximate surface area is 108 Å². The summed E-state index contributed by atoms with van der Waals surface area (Å²) in [5.74, 6) is 0.468. The van der Waals surface area contributed by atoms with E-state index in [4.69, 9.17) is 4.42 Å². The van der Waals surface area contributed by atoms with Crippen LogP contribution < -0.4 is 0 Å². The van der Waals surface area contributed by atoms with Gasteiger partial charge < -0.3 is 4.42 Å². The quantitative estimate of drug-likeness (QED) is 0.516. The molecule has 0 spiro atoms. The third-order valence-electron chi connectivity index (χ3n) is 2.87. The first kappa shape index (κ1) is 11.4. The van der Waals surface area contributed by atoms with Crippen molar-refractivity contribution in [3.63, 3.8) is 0 Å². The number of nitro benzene ring substituents is 1. The highest BCUT2D eigenvalue weighted by Gasteiger charge is 2.10. The van der Waals surface area contributed by atoms with Crippen LogP contribution in [0.15, 0.2) is 46.9 Å². The molecule has 5 nitrogen and oxygen atoms in total. The number of oxazole rings is 1. The van der Waals surface area contributed by atoms with Gasteiger partial charge in [-0.05, 0) is 36.8 Å². The van der Waals surface area contributed by atoms with Crippen molar-refractivity contribution in [2.75, 3.05) is 0 Å². The molecule has 0 N–H and O–H groups in total. The zero-order chi connectivity index (χ0) is 13.4. The Morgan fingerprint density at radius 2 is 1.89 bits per heavy atom. The first-order valence-corrected chi connectivity index (χ1v) is 5.75. The van der Waals surface area contributed by atoms with Gasteiger partial charge in [0.15, 0.2) is 5.58 Å². The number of hydrogen-bond acceptors (Lipinski definition) is 4. The van der Waals surface area contributed by atoms with E-state index in [9.17, 15) is 10.1 Å². The Kier molecular flexibility index (Phi) is 2.52. The minimum absolute atomic E-state index is 0.0516. The van der Waals surface area contributed by atoms with Crippen LogP contribution >= 0.6 is 0 Å². The average molecular weight is 254 g/mol. The van der Waals surface area contributed by atoms with Gasteiger partial charge in [0.05, 0.1) is 4.92 Å². The van der Waals surface area contributed by atoms with Gasteiger partial charge in [0.1, 0.15) is 5.52 Å². The van der Waals surface area contributed by atoms with Crippen LogP contribution in [0.3, 0.4) is 0 Å². The molecule has 5 heteroatoms. The zero-order valence-electron chi connectivity index (χ0n) is 10.2. The summed E-state index contributed by atoms with van der Waals surface area (Å²) in [6.07, 6.45) is 0. The Hall–Kier alpha value is -2.69. The van der Waals surface area contributed by atoms with Gasteiger partial charge in [0, 0.05) is 17.7 Å². The highest BCUT2D eigenvalue weighted by molar-refractivity contribution is 5.77. The van der Waals surface area contributed by atoms with E-state index in [-0.39, 0.29) is 5.69 Å². The molecule has 0 atom stereocenters. The van der Waals surface area contributed by atoms with E-state index in [0.717, 1.165) is 16.6 Å². The van der Waals surface area contributed by atoms with Gasteiger partial charge in [-0.1, -0.05) is 6.07 Å². The SMILES string of the molecule is Cc1ccc2oc(-c3ccc([N+](=O)[O-])cc3)nc2c1. The number of fused-ring (bicyclic) bond motifs is 1. The summed E-state index contributed by atoms with van der Waals surface area (Å²) in [5, 5.41) is 10.6. The molecule has 19 heavy (non-hydrogen) atoms. The lowest BCUT2D eigenvalue weighted by Gasteiger charge is -1.94. The Bertz CT molecular complexity index is 760. The molecule has 0 saturated heterocycles. The van der Waals surface area contributed by atoms with E-state index < -0.39 is 4.92 Å². The van der Waals surface area contributed by atoms with Crippen LogP contribution in [-0.2, 0) is 0 Å². The standard InChI is InChI=1S/C14H10N2O3/c1-9-2-7-13-12(8-9)15-14(19-13)10-3-5-11(6-4-10)16(17)18/h2-8H,1H3. The Morgan fingerprint density at radius 3 is 2.58 bits per heavy atom. The van der Waals surface area contributed by atoms with Crippen molar-refractivity contribution in [2.45, 2.75) is 6.92 Å². The molecule has 0 amide bonds. The molecular formula is C14H10N2O3. The summed E-state index contributed by atoms with van der Waals surface area (Å²) in [6.45, 7) is 1.99. The minimum Gasteiger partial charge on any atom is -0.436 e. The summed E-state index contributed by atoms with van der Waals surface area (Å²) in [5.41, 5.74) is 3.37. The lowest BCUT2D eigenvalue weighted by Crippen LogP contribution is -1.87. The molecule has 3 rings (SSSR count). The molecule has 0 aliphatic heterocycles. The number of nitrogens with zero attached hydrogens (tertiary/aromatic N) is 2. The maximum Gasteiger partial charge on any atom is 0.269 e. The summed E-state index contributed by atoms with van der Waals surface area (Å²) in [7, 11) is 0. The largest absolute Gasteiger partial charge is 0.436 e. The van der Waals surface area contributed by atoms with Gasteiger partial charge in [0.25, 0.3) is 5.69 Å². The van der Waals surface area contributed by atoms with Crippen molar-refractivity contribution in [3.8, 4) is 11.5 Å². The fourth-order valence-corrected chi connectivity index (χ4v) is 1.89. The van der Waals surface area contributed by atoms with E-state index in [2.05, 4.69) is 4.98 Å². The summed E-state index contributed by atoms with van der Waals surface area (Å²) >= 11 is 0. The van der Waals surface area contributed by atoms with E-state index in [1.807, 2.05) is 25.1 Å². The van der Waals surface area contributed by atoms with Crippen LogP contribution in [0, 0.1) is 17.0 Å². The lowest BCUT2D eigenvalue weighted by atomic mass is 10.2. The molecule has 0 saturated carbocycles. The number of rotatable bonds is 2.